The van der Waals surface area contributed by atoms with Gasteiger partial charge in [-0.25, -0.2) is 9.97 Å². The van der Waals surface area contributed by atoms with Crippen molar-refractivity contribution in [3.63, 3.8) is 0 Å². The monoisotopic (exact) mass is 300 g/mol. The SMILES string of the molecule is Cc1ccc(CN2C[C@H]3CN(c4ncccn4)C[C@@H]3C2)s1. The van der Waals surface area contributed by atoms with Crippen molar-refractivity contribution in [1.29, 1.82) is 0 Å². The summed E-state index contributed by atoms with van der Waals surface area (Å²) >= 11 is 1.93. The van der Waals surface area contributed by atoms with Crippen LogP contribution in [0.3, 0.4) is 0 Å². The number of aryl methyl sites for hydroxylation is 1. The molecule has 2 saturated heterocycles. The lowest BCUT2D eigenvalue weighted by molar-refractivity contribution is 0.311. The first kappa shape index (κ1) is 13.2. The van der Waals surface area contributed by atoms with E-state index in [1.54, 1.807) is 0 Å². The molecule has 21 heavy (non-hydrogen) atoms. The van der Waals surface area contributed by atoms with E-state index in [1.807, 2.05) is 29.8 Å². The predicted molar refractivity (Wildman–Crippen MR) is 85.6 cm³/mol. The molecule has 0 amide bonds. The Hall–Kier alpha value is -1.46. The third-order valence-electron chi connectivity index (χ3n) is 4.57. The van der Waals surface area contributed by atoms with Crippen molar-refractivity contribution >= 4 is 17.3 Å². The number of fused-ring (bicyclic) bond motifs is 1. The average molecular weight is 300 g/mol. The summed E-state index contributed by atoms with van der Waals surface area (Å²) < 4.78 is 0. The molecule has 0 spiro atoms. The van der Waals surface area contributed by atoms with Crippen molar-refractivity contribution < 1.29 is 0 Å². The Bertz CT molecular complexity index is 598. The number of thiophene rings is 1. The van der Waals surface area contributed by atoms with E-state index < -0.39 is 0 Å². The highest BCUT2D eigenvalue weighted by Gasteiger charge is 2.40. The lowest BCUT2D eigenvalue weighted by atomic mass is 10.0. The topological polar surface area (TPSA) is 32.3 Å². The summed E-state index contributed by atoms with van der Waals surface area (Å²) in [6.07, 6.45) is 3.67. The molecule has 2 aliphatic rings. The lowest BCUT2D eigenvalue weighted by Crippen LogP contribution is -2.29. The Morgan fingerprint density at radius 2 is 1.81 bits per heavy atom. The van der Waals surface area contributed by atoms with Crippen LogP contribution in [-0.4, -0.2) is 41.0 Å². The van der Waals surface area contributed by atoms with Crippen LogP contribution < -0.4 is 4.90 Å². The zero-order valence-corrected chi connectivity index (χ0v) is 13.1. The van der Waals surface area contributed by atoms with Gasteiger partial charge >= 0.3 is 0 Å². The fraction of sp³-hybridized carbons (Fsp3) is 0.500. The van der Waals surface area contributed by atoms with Crippen LogP contribution in [0.25, 0.3) is 0 Å². The van der Waals surface area contributed by atoms with E-state index >= 15 is 0 Å². The van der Waals surface area contributed by atoms with Gasteiger partial charge in [-0.05, 0) is 37.0 Å². The van der Waals surface area contributed by atoms with Crippen molar-refractivity contribution in [1.82, 2.24) is 14.9 Å². The number of anilines is 1. The van der Waals surface area contributed by atoms with Gasteiger partial charge in [0.05, 0.1) is 0 Å². The van der Waals surface area contributed by atoms with E-state index in [2.05, 4.69) is 38.8 Å². The van der Waals surface area contributed by atoms with E-state index in [0.717, 1.165) is 37.4 Å². The van der Waals surface area contributed by atoms with Gasteiger partial charge in [-0.3, -0.25) is 4.90 Å². The molecular formula is C16H20N4S. The maximum Gasteiger partial charge on any atom is 0.225 e. The zero-order valence-electron chi connectivity index (χ0n) is 12.3. The maximum absolute atomic E-state index is 4.38. The molecule has 110 valence electrons. The van der Waals surface area contributed by atoms with E-state index in [4.69, 9.17) is 0 Å². The van der Waals surface area contributed by atoms with Crippen LogP contribution in [0.5, 0.6) is 0 Å². The number of hydrogen-bond donors (Lipinski definition) is 0. The van der Waals surface area contributed by atoms with E-state index in [1.165, 1.54) is 22.8 Å². The molecule has 0 saturated carbocycles. The second kappa shape index (κ2) is 5.39. The summed E-state index contributed by atoms with van der Waals surface area (Å²) in [5, 5.41) is 0. The summed E-state index contributed by atoms with van der Waals surface area (Å²) in [4.78, 5) is 16.6. The highest BCUT2D eigenvalue weighted by molar-refractivity contribution is 7.11. The summed E-state index contributed by atoms with van der Waals surface area (Å²) in [5.74, 6) is 2.44. The second-order valence-electron chi connectivity index (χ2n) is 6.18. The summed E-state index contributed by atoms with van der Waals surface area (Å²) in [6, 6.07) is 6.38. The number of hydrogen-bond acceptors (Lipinski definition) is 5. The van der Waals surface area contributed by atoms with E-state index in [9.17, 15) is 0 Å². The summed E-state index contributed by atoms with van der Waals surface area (Å²) in [5.41, 5.74) is 0. The molecule has 2 atom stereocenters. The van der Waals surface area contributed by atoms with Crippen molar-refractivity contribution in [2.45, 2.75) is 13.5 Å². The molecule has 4 heterocycles. The lowest BCUT2D eigenvalue weighted by Gasteiger charge is -2.20. The molecular weight excluding hydrogens is 280 g/mol. The van der Waals surface area contributed by atoms with E-state index in [-0.39, 0.29) is 0 Å². The molecule has 4 rings (SSSR count). The van der Waals surface area contributed by atoms with Crippen molar-refractivity contribution in [2.75, 3.05) is 31.1 Å². The summed E-state index contributed by atoms with van der Waals surface area (Å²) in [6.45, 7) is 7.94. The van der Waals surface area contributed by atoms with Gasteiger partial charge in [0.2, 0.25) is 5.95 Å². The Morgan fingerprint density at radius 3 is 2.43 bits per heavy atom. The van der Waals surface area contributed by atoms with Gasteiger partial charge in [0.15, 0.2) is 0 Å². The largest absolute Gasteiger partial charge is 0.340 e. The van der Waals surface area contributed by atoms with Gasteiger partial charge in [0.25, 0.3) is 0 Å². The van der Waals surface area contributed by atoms with Gasteiger partial charge in [-0.1, -0.05) is 0 Å². The van der Waals surface area contributed by atoms with Crippen LogP contribution in [0.1, 0.15) is 9.75 Å². The second-order valence-corrected chi connectivity index (χ2v) is 7.55. The highest BCUT2D eigenvalue weighted by Crippen LogP contribution is 2.33. The highest BCUT2D eigenvalue weighted by atomic mass is 32.1. The molecule has 2 aliphatic heterocycles. The smallest absolute Gasteiger partial charge is 0.225 e. The Balaban J connectivity index is 1.37. The first-order chi connectivity index (χ1) is 10.3. The van der Waals surface area contributed by atoms with Gasteiger partial charge in [-0.15, -0.1) is 11.3 Å². The van der Waals surface area contributed by atoms with Crippen LogP contribution in [0.2, 0.25) is 0 Å². The van der Waals surface area contributed by atoms with Gasteiger partial charge in [0.1, 0.15) is 0 Å². The number of rotatable bonds is 3. The standard InChI is InChI=1S/C16H20N4S/c1-12-3-4-15(21-12)11-19-7-13-9-20(10-14(13)8-19)16-17-5-2-6-18-16/h2-6,13-14H,7-11H2,1H3/t13-,14-/m0/s1. The first-order valence-corrected chi connectivity index (χ1v) is 8.39. The van der Waals surface area contributed by atoms with Gasteiger partial charge in [-0.2, -0.15) is 0 Å². The molecule has 0 aliphatic carbocycles. The van der Waals surface area contributed by atoms with Gasteiger partial charge in [0, 0.05) is 54.9 Å². The zero-order chi connectivity index (χ0) is 14.2. The van der Waals surface area contributed by atoms with Gasteiger partial charge < -0.3 is 4.90 Å². The fourth-order valence-electron chi connectivity index (χ4n) is 3.63. The molecule has 0 bridgehead atoms. The Labute approximate surface area is 129 Å². The van der Waals surface area contributed by atoms with Crippen LogP contribution in [0.15, 0.2) is 30.6 Å². The third kappa shape index (κ3) is 2.68. The molecule has 2 aromatic rings. The van der Waals surface area contributed by atoms with Crippen LogP contribution in [-0.2, 0) is 6.54 Å². The molecule has 0 N–H and O–H groups in total. The molecule has 5 heteroatoms. The third-order valence-corrected chi connectivity index (χ3v) is 5.56. The minimum absolute atomic E-state index is 0.773. The fourth-order valence-corrected chi connectivity index (χ4v) is 4.56. The number of aromatic nitrogens is 2. The molecule has 0 unspecified atom stereocenters. The van der Waals surface area contributed by atoms with E-state index in [0.29, 0.717) is 0 Å². The molecule has 2 fully saturated rings. The maximum atomic E-state index is 4.38. The summed E-state index contributed by atoms with van der Waals surface area (Å²) in [7, 11) is 0. The predicted octanol–water partition coefficient (Wildman–Crippen LogP) is 2.41. The number of likely N-dealkylation sites (tertiary alicyclic amines) is 1. The van der Waals surface area contributed by atoms with Crippen LogP contribution in [0.4, 0.5) is 5.95 Å². The van der Waals surface area contributed by atoms with Crippen molar-refractivity contribution in [2.24, 2.45) is 11.8 Å². The quantitative estimate of drug-likeness (QED) is 0.871. The molecule has 2 aromatic heterocycles. The van der Waals surface area contributed by atoms with Crippen molar-refractivity contribution in [3.05, 3.63) is 40.3 Å². The number of nitrogens with zero attached hydrogens (tertiary/aromatic N) is 4. The normalized spacial score (nSPS) is 25.5. The van der Waals surface area contributed by atoms with Crippen LogP contribution >= 0.6 is 11.3 Å². The first-order valence-electron chi connectivity index (χ1n) is 7.57. The molecule has 0 radical (unpaired) electrons. The molecule has 4 nitrogen and oxygen atoms in total. The minimum Gasteiger partial charge on any atom is -0.340 e. The van der Waals surface area contributed by atoms with Crippen molar-refractivity contribution in [3.8, 4) is 0 Å². The Kier molecular flexibility index (Phi) is 3.39. The average Bonchev–Trinajstić information content (AvgIpc) is 3.15. The minimum atomic E-state index is 0.773. The Morgan fingerprint density at radius 1 is 1.10 bits per heavy atom. The van der Waals surface area contributed by atoms with Crippen LogP contribution in [0, 0.1) is 18.8 Å². The molecule has 0 aromatic carbocycles.